The molecule has 0 unspecified atom stereocenters. The van der Waals surface area contributed by atoms with Gasteiger partial charge in [0.15, 0.2) is 0 Å². The highest BCUT2D eigenvalue weighted by molar-refractivity contribution is 6.30. The maximum absolute atomic E-state index is 12.5. The van der Waals surface area contributed by atoms with Gasteiger partial charge in [-0.15, -0.1) is 0 Å². The Hall–Kier alpha value is -3.31. The normalized spacial score (nSPS) is 10.7. The van der Waals surface area contributed by atoms with E-state index in [0.29, 0.717) is 22.9 Å². The standard InChI is InChI=1S/C23H22ClN3O2/c1-27(2)20-13-9-17(10-14-20)15-25-26-23(28)21-5-3-4-6-22(21)29-16-18-7-11-19(24)12-8-18/h3-15H,16H2,1-2H3,(H,26,28)/b25-15-. The molecule has 5 nitrogen and oxygen atoms in total. The second-order valence-corrected chi connectivity index (χ2v) is 7.03. The van der Waals surface area contributed by atoms with Crippen molar-refractivity contribution < 1.29 is 9.53 Å². The topological polar surface area (TPSA) is 53.9 Å². The van der Waals surface area contributed by atoms with Crippen LogP contribution in [-0.4, -0.2) is 26.2 Å². The molecule has 0 fully saturated rings. The molecule has 0 aliphatic rings. The van der Waals surface area contributed by atoms with Gasteiger partial charge in [-0.1, -0.05) is 48.0 Å². The Morgan fingerprint density at radius 3 is 2.41 bits per heavy atom. The fourth-order valence-corrected chi connectivity index (χ4v) is 2.73. The molecule has 0 atom stereocenters. The Labute approximate surface area is 175 Å². The molecule has 3 aromatic carbocycles. The number of carbonyl (C=O) groups is 1. The van der Waals surface area contributed by atoms with Crippen molar-refractivity contribution in [2.75, 3.05) is 19.0 Å². The Morgan fingerprint density at radius 1 is 1.03 bits per heavy atom. The number of hydrogen-bond donors (Lipinski definition) is 1. The van der Waals surface area contributed by atoms with E-state index in [2.05, 4.69) is 10.5 Å². The predicted molar refractivity (Wildman–Crippen MR) is 118 cm³/mol. The third-order valence-corrected chi connectivity index (χ3v) is 4.48. The van der Waals surface area contributed by atoms with Crippen molar-refractivity contribution in [2.45, 2.75) is 6.61 Å². The largest absolute Gasteiger partial charge is 0.488 e. The minimum Gasteiger partial charge on any atom is -0.488 e. The van der Waals surface area contributed by atoms with Crippen LogP contribution in [0.4, 0.5) is 5.69 Å². The van der Waals surface area contributed by atoms with E-state index >= 15 is 0 Å². The molecule has 0 saturated carbocycles. The average molecular weight is 408 g/mol. The minimum atomic E-state index is -0.335. The number of para-hydroxylation sites is 1. The molecular weight excluding hydrogens is 386 g/mol. The van der Waals surface area contributed by atoms with Crippen LogP contribution in [0, 0.1) is 0 Å². The quantitative estimate of drug-likeness (QED) is 0.454. The Morgan fingerprint density at radius 2 is 1.72 bits per heavy atom. The lowest BCUT2D eigenvalue weighted by atomic mass is 10.2. The van der Waals surface area contributed by atoms with E-state index in [9.17, 15) is 4.79 Å². The zero-order valence-electron chi connectivity index (χ0n) is 16.3. The third kappa shape index (κ3) is 5.83. The molecule has 0 aliphatic carbocycles. The first-order valence-corrected chi connectivity index (χ1v) is 9.48. The minimum absolute atomic E-state index is 0.335. The van der Waals surface area contributed by atoms with Gasteiger partial charge in [0, 0.05) is 24.8 Å². The van der Waals surface area contributed by atoms with Crippen LogP contribution in [0.5, 0.6) is 5.75 Å². The highest BCUT2D eigenvalue weighted by atomic mass is 35.5. The predicted octanol–water partition coefficient (Wildman–Crippen LogP) is 4.75. The second-order valence-electron chi connectivity index (χ2n) is 6.60. The van der Waals surface area contributed by atoms with Crippen LogP contribution in [0.2, 0.25) is 5.02 Å². The Kier molecular flexibility index (Phi) is 6.87. The van der Waals surface area contributed by atoms with Crippen molar-refractivity contribution in [1.29, 1.82) is 0 Å². The van der Waals surface area contributed by atoms with Gasteiger partial charge in [-0.2, -0.15) is 5.10 Å². The van der Waals surface area contributed by atoms with E-state index in [1.54, 1.807) is 36.5 Å². The second kappa shape index (κ2) is 9.75. The molecule has 0 aliphatic heterocycles. The summed E-state index contributed by atoms with van der Waals surface area (Å²) in [5.41, 5.74) is 5.92. The number of nitrogens with one attached hydrogen (secondary N) is 1. The Bertz CT molecular complexity index is 984. The number of halogens is 1. The number of hydrazone groups is 1. The average Bonchev–Trinajstić information content (AvgIpc) is 2.74. The highest BCUT2D eigenvalue weighted by Crippen LogP contribution is 2.20. The van der Waals surface area contributed by atoms with Crippen molar-refractivity contribution in [3.8, 4) is 5.75 Å². The fourth-order valence-electron chi connectivity index (χ4n) is 2.61. The zero-order chi connectivity index (χ0) is 20.6. The number of amides is 1. The van der Waals surface area contributed by atoms with Gasteiger partial charge in [0.2, 0.25) is 0 Å². The molecule has 3 aromatic rings. The van der Waals surface area contributed by atoms with Gasteiger partial charge in [0.1, 0.15) is 12.4 Å². The summed E-state index contributed by atoms with van der Waals surface area (Å²) >= 11 is 5.90. The van der Waals surface area contributed by atoms with E-state index in [-0.39, 0.29) is 5.91 Å². The number of rotatable bonds is 7. The number of nitrogens with zero attached hydrogens (tertiary/aromatic N) is 2. The van der Waals surface area contributed by atoms with Gasteiger partial charge in [0.05, 0.1) is 11.8 Å². The first-order chi connectivity index (χ1) is 14.0. The van der Waals surface area contributed by atoms with Gasteiger partial charge in [-0.3, -0.25) is 4.79 Å². The summed E-state index contributed by atoms with van der Waals surface area (Å²) in [6, 6.07) is 22.3. The zero-order valence-corrected chi connectivity index (χ0v) is 17.1. The molecule has 0 spiro atoms. The van der Waals surface area contributed by atoms with Crippen LogP contribution in [0.3, 0.4) is 0 Å². The SMILES string of the molecule is CN(C)c1ccc(/C=N\NC(=O)c2ccccc2OCc2ccc(Cl)cc2)cc1. The summed E-state index contributed by atoms with van der Waals surface area (Å²) in [5, 5.41) is 4.72. The van der Waals surface area contributed by atoms with Gasteiger partial charge in [-0.05, 0) is 47.5 Å². The van der Waals surface area contributed by atoms with Crippen molar-refractivity contribution in [3.63, 3.8) is 0 Å². The summed E-state index contributed by atoms with van der Waals surface area (Å²) in [5.74, 6) is 0.156. The molecular formula is C23H22ClN3O2. The molecule has 0 bridgehead atoms. The lowest BCUT2D eigenvalue weighted by Gasteiger charge is -2.11. The van der Waals surface area contributed by atoms with Crippen molar-refractivity contribution in [1.82, 2.24) is 5.43 Å². The smallest absolute Gasteiger partial charge is 0.275 e. The van der Waals surface area contributed by atoms with Crippen molar-refractivity contribution >= 4 is 29.4 Å². The molecule has 1 amide bonds. The summed E-state index contributed by atoms with van der Waals surface area (Å²) in [7, 11) is 3.96. The first-order valence-electron chi connectivity index (χ1n) is 9.10. The Balaban J connectivity index is 1.62. The number of benzene rings is 3. The third-order valence-electron chi connectivity index (χ3n) is 4.23. The van der Waals surface area contributed by atoms with E-state index in [0.717, 1.165) is 16.8 Å². The van der Waals surface area contributed by atoms with Crippen LogP contribution >= 0.6 is 11.6 Å². The molecule has 6 heteroatoms. The van der Waals surface area contributed by atoms with Gasteiger partial charge in [0.25, 0.3) is 5.91 Å². The lowest BCUT2D eigenvalue weighted by molar-refractivity contribution is 0.0950. The summed E-state index contributed by atoms with van der Waals surface area (Å²) in [6.07, 6.45) is 1.61. The van der Waals surface area contributed by atoms with Crippen molar-refractivity contribution in [2.24, 2.45) is 5.10 Å². The van der Waals surface area contributed by atoms with E-state index in [4.69, 9.17) is 16.3 Å². The number of carbonyl (C=O) groups excluding carboxylic acids is 1. The first kappa shape index (κ1) is 20.4. The molecule has 1 N–H and O–H groups in total. The van der Waals surface area contributed by atoms with E-state index in [1.807, 2.05) is 61.5 Å². The monoisotopic (exact) mass is 407 g/mol. The lowest BCUT2D eigenvalue weighted by Crippen LogP contribution is -2.18. The van der Waals surface area contributed by atoms with E-state index in [1.165, 1.54) is 0 Å². The molecule has 3 rings (SSSR count). The van der Waals surface area contributed by atoms with Gasteiger partial charge < -0.3 is 9.64 Å². The molecule has 0 heterocycles. The molecule has 0 aromatic heterocycles. The summed E-state index contributed by atoms with van der Waals surface area (Å²) in [6.45, 7) is 0.336. The summed E-state index contributed by atoms with van der Waals surface area (Å²) in [4.78, 5) is 14.5. The number of hydrogen-bond acceptors (Lipinski definition) is 4. The fraction of sp³-hybridized carbons (Fsp3) is 0.130. The molecule has 29 heavy (non-hydrogen) atoms. The number of anilines is 1. The van der Waals surface area contributed by atoms with Crippen LogP contribution < -0.4 is 15.1 Å². The van der Waals surface area contributed by atoms with Crippen LogP contribution in [0.25, 0.3) is 0 Å². The van der Waals surface area contributed by atoms with Crippen molar-refractivity contribution in [3.05, 3.63) is 94.5 Å². The van der Waals surface area contributed by atoms with Gasteiger partial charge >= 0.3 is 0 Å². The maximum Gasteiger partial charge on any atom is 0.275 e. The molecule has 0 saturated heterocycles. The van der Waals surface area contributed by atoms with Crippen LogP contribution in [0.1, 0.15) is 21.5 Å². The van der Waals surface area contributed by atoms with Gasteiger partial charge in [-0.25, -0.2) is 5.43 Å². The number of ether oxygens (including phenoxy) is 1. The maximum atomic E-state index is 12.5. The van der Waals surface area contributed by atoms with Crippen LogP contribution in [-0.2, 0) is 6.61 Å². The summed E-state index contributed by atoms with van der Waals surface area (Å²) < 4.78 is 5.82. The highest BCUT2D eigenvalue weighted by Gasteiger charge is 2.11. The molecule has 148 valence electrons. The molecule has 0 radical (unpaired) electrons. The van der Waals surface area contributed by atoms with Crippen LogP contribution in [0.15, 0.2) is 77.9 Å². The van der Waals surface area contributed by atoms with E-state index < -0.39 is 0 Å².